The van der Waals surface area contributed by atoms with E-state index in [-0.39, 0.29) is 10.8 Å². The number of nitrogens with zero attached hydrogens (tertiary/aromatic N) is 1. The van der Waals surface area contributed by atoms with Gasteiger partial charge in [0.25, 0.3) is 0 Å². The molecule has 0 aliphatic heterocycles. The molecule has 2 aliphatic rings. The smallest absolute Gasteiger partial charge is 0.217 e. The predicted octanol–water partition coefficient (Wildman–Crippen LogP) is 2.24. The summed E-state index contributed by atoms with van der Waals surface area (Å²) in [6.45, 7) is 0.454. The summed E-state index contributed by atoms with van der Waals surface area (Å²) in [4.78, 5) is 0. The molecule has 2 fully saturated rings. The van der Waals surface area contributed by atoms with E-state index in [2.05, 4.69) is 0 Å². The van der Waals surface area contributed by atoms with Gasteiger partial charge in [0.2, 0.25) is 10.0 Å². The minimum Gasteiger partial charge on any atom is -0.329 e. The van der Waals surface area contributed by atoms with Gasteiger partial charge < -0.3 is 5.73 Å². The molecular weight excluding hydrogens is 260 g/mol. The monoisotopic (exact) mass is 288 g/mol. The average Bonchev–Trinajstić information content (AvgIpc) is 2.84. The zero-order valence-electron chi connectivity index (χ0n) is 12.1. The SMILES string of the molecule is CN(C1(CN)CCCCCC1)S(=O)(=O)C1CCCC1. The Kier molecular flexibility index (Phi) is 4.90. The van der Waals surface area contributed by atoms with Gasteiger partial charge in [-0.2, -0.15) is 4.31 Å². The highest BCUT2D eigenvalue weighted by molar-refractivity contribution is 7.89. The van der Waals surface area contributed by atoms with Crippen molar-refractivity contribution in [1.29, 1.82) is 0 Å². The second-order valence-electron chi connectivity index (χ2n) is 6.26. The third-order valence-electron chi connectivity index (χ3n) is 5.19. The Morgan fingerprint density at radius 2 is 1.58 bits per heavy atom. The van der Waals surface area contributed by atoms with Crippen LogP contribution in [0.3, 0.4) is 0 Å². The van der Waals surface area contributed by atoms with Crippen molar-refractivity contribution in [1.82, 2.24) is 4.31 Å². The van der Waals surface area contributed by atoms with Crippen molar-refractivity contribution in [2.75, 3.05) is 13.6 Å². The van der Waals surface area contributed by atoms with Crippen LogP contribution in [0.25, 0.3) is 0 Å². The Morgan fingerprint density at radius 3 is 2.05 bits per heavy atom. The molecule has 0 aromatic heterocycles. The molecule has 0 atom stereocenters. The van der Waals surface area contributed by atoms with Crippen molar-refractivity contribution in [3.05, 3.63) is 0 Å². The number of hydrogen-bond donors (Lipinski definition) is 1. The van der Waals surface area contributed by atoms with Crippen molar-refractivity contribution in [3.8, 4) is 0 Å². The topological polar surface area (TPSA) is 63.4 Å². The minimum absolute atomic E-state index is 0.163. The van der Waals surface area contributed by atoms with Gasteiger partial charge >= 0.3 is 0 Å². The van der Waals surface area contributed by atoms with Crippen LogP contribution in [0.2, 0.25) is 0 Å². The highest BCUT2D eigenvalue weighted by Crippen LogP contribution is 2.36. The van der Waals surface area contributed by atoms with E-state index >= 15 is 0 Å². The quantitative estimate of drug-likeness (QED) is 0.807. The summed E-state index contributed by atoms with van der Waals surface area (Å²) in [6, 6.07) is 0. The lowest BCUT2D eigenvalue weighted by molar-refractivity contribution is 0.194. The highest BCUT2D eigenvalue weighted by Gasteiger charge is 2.43. The predicted molar refractivity (Wildman–Crippen MR) is 78.4 cm³/mol. The van der Waals surface area contributed by atoms with Crippen molar-refractivity contribution < 1.29 is 8.42 Å². The summed E-state index contributed by atoms with van der Waals surface area (Å²) in [5.74, 6) is 0. The molecule has 2 rings (SSSR count). The second-order valence-corrected chi connectivity index (χ2v) is 8.51. The Morgan fingerprint density at radius 1 is 1.05 bits per heavy atom. The zero-order chi connectivity index (χ0) is 13.9. The molecule has 0 aromatic rings. The number of nitrogens with two attached hydrogens (primary N) is 1. The molecule has 2 N–H and O–H groups in total. The van der Waals surface area contributed by atoms with E-state index in [0.29, 0.717) is 6.54 Å². The van der Waals surface area contributed by atoms with Gasteiger partial charge in [0.05, 0.1) is 5.25 Å². The van der Waals surface area contributed by atoms with Crippen LogP contribution in [0.15, 0.2) is 0 Å². The fraction of sp³-hybridized carbons (Fsp3) is 1.00. The molecule has 0 unspecified atom stereocenters. The summed E-state index contributed by atoms with van der Waals surface area (Å²) in [6.07, 6.45) is 10.2. The molecule has 0 aromatic carbocycles. The molecule has 112 valence electrons. The van der Waals surface area contributed by atoms with Gasteiger partial charge in [-0.1, -0.05) is 38.5 Å². The molecule has 0 saturated heterocycles. The van der Waals surface area contributed by atoms with Crippen LogP contribution in [-0.4, -0.2) is 37.1 Å². The lowest BCUT2D eigenvalue weighted by atomic mass is 9.90. The maximum atomic E-state index is 12.8. The number of likely N-dealkylation sites (N-methyl/N-ethyl adjacent to an activating group) is 1. The third kappa shape index (κ3) is 2.98. The van der Waals surface area contributed by atoms with E-state index in [1.807, 2.05) is 0 Å². The van der Waals surface area contributed by atoms with Crippen LogP contribution in [-0.2, 0) is 10.0 Å². The summed E-state index contributed by atoms with van der Waals surface area (Å²) in [5, 5.41) is -0.163. The Hall–Kier alpha value is -0.130. The molecule has 0 spiro atoms. The summed E-state index contributed by atoms with van der Waals surface area (Å²) in [5.41, 5.74) is 5.68. The fourth-order valence-corrected chi connectivity index (χ4v) is 5.89. The summed E-state index contributed by atoms with van der Waals surface area (Å²) < 4.78 is 27.2. The van der Waals surface area contributed by atoms with Gasteiger partial charge in [-0.15, -0.1) is 0 Å². The Labute approximate surface area is 117 Å². The first kappa shape index (κ1) is 15.3. The standard InChI is InChI=1S/C14H28N2O2S/c1-16(19(17,18)13-8-4-5-9-13)14(12-15)10-6-2-3-7-11-14/h13H,2-12,15H2,1H3. The first-order valence-electron chi connectivity index (χ1n) is 7.71. The summed E-state index contributed by atoms with van der Waals surface area (Å²) >= 11 is 0. The van der Waals surface area contributed by atoms with E-state index in [1.54, 1.807) is 11.4 Å². The molecule has 0 heterocycles. The summed E-state index contributed by atoms with van der Waals surface area (Å²) in [7, 11) is -1.40. The molecule has 0 amide bonds. The second kappa shape index (κ2) is 6.10. The van der Waals surface area contributed by atoms with Crippen molar-refractivity contribution >= 4 is 10.0 Å². The van der Waals surface area contributed by atoms with Gasteiger partial charge in [-0.3, -0.25) is 0 Å². The lowest BCUT2D eigenvalue weighted by Crippen LogP contribution is -2.56. The van der Waals surface area contributed by atoms with Crippen molar-refractivity contribution in [3.63, 3.8) is 0 Å². The van der Waals surface area contributed by atoms with Crippen LogP contribution >= 0.6 is 0 Å². The van der Waals surface area contributed by atoms with Crippen LogP contribution in [0.4, 0.5) is 0 Å². The number of hydrogen-bond acceptors (Lipinski definition) is 3. The van der Waals surface area contributed by atoms with E-state index in [9.17, 15) is 8.42 Å². The zero-order valence-corrected chi connectivity index (χ0v) is 12.9. The lowest BCUT2D eigenvalue weighted by Gasteiger charge is -2.41. The largest absolute Gasteiger partial charge is 0.329 e. The average molecular weight is 288 g/mol. The maximum Gasteiger partial charge on any atom is 0.217 e. The molecule has 0 bridgehead atoms. The van der Waals surface area contributed by atoms with E-state index < -0.39 is 10.0 Å². The maximum absolute atomic E-state index is 12.8. The van der Waals surface area contributed by atoms with Crippen LogP contribution in [0.1, 0.15) is 64.2 Å². The fourth-order valence-electron chi connectivity index (χ4n) is 3.71. The van der Waals surface area contributed by atoms with Crippen molar-refractivity contribution in [2.24, 2.45) is 5.73 Å². The first-order valence-corrected chi connectivity index (χ1v) is 9.21. The first-order chi connectivity index (χ1) is 9.03. The van der Waals surface area contributed by atoms with Crippen molar-refractivity contribution in [2.45, 2.75) is 75.0 Å². The molecule has 0 radical (unpaired) electrons. The highest BCUT2D eigenvalue weighted by atomic mass is 32.2. The van der Waals surface area contributed by atoms with Gasteiger partial charge in [0, 0.05) is 19.1 Å². The minimum atomic E-state index is -3.17. The Balaban J connectivity index is 2.21. The molecule has 5 heteroatoms. The number of sulfonamides is 1. The third-order valence-corrected chi connectivity index (χ3v) is 7.65. The van der Waals surface area contributed by atoms with Crippen LogP contribution in [0, 0.1) is 0 Å². The van der Waals surface area contributed by atoms with Gasteiger partial charge in [0.1, 0.15) is 0 Å². The normalized spacial score (nSPS) is 25.6. The molecule has 2 aliphatic carbocycles. The molecule has 4 nitrogen and oxygen atoms in total. The van der Waals surface area contributed by atoms with Crippen LogP contribution in [0.5, 0.6) is 0 Å². The van der Waals surface area contributed by atoms with E-state index in [1.165, 1.54) is 12.8 Å². The van der Waals surface area contributed by atoms with Gasteiger partial charge in [-0.25, -0.2) is 8.42 Å². The molecular formula is C14H28N2O2S. The molecule has 2 saturated carbocycles. The molecule has 19 heavy (non-hydrogen) atoms. The van der Waals surface area contributed by atoms with E-state index in [0.717, 1.165) is 51.4 Å². The Bertz CT molecular complexity index is 380. The van der Waals surface area contributed by atoms with Crippen LogP contribution < -0.4 is 5.73 Å². The van der Waals surface area contributed by atoms with Gasteiger partial charge in [0.15, 0.2) is 0 Å². The van der Waals surface area contributed by atoms with Gasteiger partial charge in [-0.05, 0) is 25.7 Å². The number of rotatable bonds is 4. The van der Waals surface area contributed by atoms with E-state index in [4.69, 9.17) is 5.73 Å².